The number of unbranched alkanes of at least 4 members (excludes halogenated alkanes) is 1. The third kappa shape index (κ3) is 10.1. The molecule has 0 saturated carbocycles. The molecule has 31 heavy (non-hydrogen) atoms. The molecule has 1 heterocycles. The van der Waals surface area contributed by atoms with E-state index < -0.39 is 0 Å². The zero-order valence-corrected chi connectivity index (χ0v) is 21.5. The lowest BCUT2D eigenvalue weighted by molar-refractivity contribution is -0.140. The Balaban J connectivity index is 0.00000480. The Bertz CT molecular complexity index is 649. The van der Waals surface area contributed by atoms with Crippen molar-refractivity contribution in [2.75, 3.05) is 46.9 Å². The van der Waals surface area contributed by atoms with Crippen molar-refractivity contribution in [3.8, 4) is 5.75 Å². The molecule has 8 heteroatoms. The van der Waals surface area contributed by atoms with E-state index in [1.54, 1.807) is 7.11 Å². The van der Waals surface area contributed by atoms with Gasteiger partial charge in [0.05, 0.1) is 26.8 Å². The molecule has 1 aliphatic heterocycles. The van der Waals surface area contributed by atoms with Gasteiger partial charge in [-0.1, -0.05) is 18.6 Å². The SMILES string of the molecule is CCNC(=NCC(c1ccc(OC)cc1)N1CCCCC1)NCCCCC(=O)OC.I. The number of nitrogens with zero attached hydrogens (tertiary/aromatic N) is 2. The molecule has 0 amide bonds. The summed E-state index contributed by atoms with van der Waals surface area (Å²) in [7, 11) is 3.12. The van der Waals surface area contributed by atoms with Crippen LogP contribution in [-0.4, -0.2) is 63.8 Å². The van der Waals surface area contributed by atoms with Crippen LogP contribution in [0.1, 0.15) is 57.1 Å². The zero-order chi connectivity index (χ0) is 21.6. The molecule has 176 valence electrons. The highest BCUT2D eigenvalue weighted by Gasteiger charge is 2.22. The minimum Gasteiger partial charge on any atom is -0.497 e. The maximum Gasteiger partial charge on any atom is 0.305 e. The fourth-order valence-corrected chi connectivity index (χ4v) is 3.71. The number of nitrogens with one attached hydrogen (secondary N) is 2. The number of halogens is 1. The van der Waals surface area contributed by atoms with Gasteiger partial charge in [-0.25, -0.2) is 0 Å². The van der Waals surface area contributed by atoms with Gasteiger partial charge in [0.15, 0.2) is 5.96 Å². The lowest BCUT2D eigenvalue weighted by Gasteiger charge is -2.34. The Morgan fingerprint density at radius 3 is 2.42 bits per heavy atom. The van der Waals surface area contributed by atoms with Crippen LogP contribution in [0, 0.1) is 0 Å². The molecule has 0 bridgehead atoms. The van der Waals surface area contributed by atoms with Gasteiger partial charge in [-0.15, -0.1) is 24.0 Å². The number of esters is 1. The predicted molar refractivity (Wildman–Crippen MR) is 136 cm³/mol. The maximum atomic E-state index is 11.2. The maximum absolute atomic E-state index is 11.2. The van der Waals surface area contributed by atoms with Crippen molar-refractivity contribution in [2.45, 2.75) is 51.5 Å². The van der Waals surface area contributed by atoms with Gasteiger partial charge in [-0.3, -0.25) is 14.7 Å². The van der Waals surface area contributed by atoms with Gasteiger partial charge in [-0.05, 0) is 63.4 Å². The van der Waals surface area contributed by atoms with Crippen LogP contribution in [0.3, 0.4) is 0 Å². The Kier molecular flexibility index (Phi) is 14.3. The molecule has 1 saturated heterocycles. The van der Waals surface area contributed by atoms with Gasteiger partial charge in [0, 0.05) is 19.5 Å². The summed E-state index contributed by atoms with van der Waals surface area (Å²) in [5.41, 5.74) is 1.27. The lowest BCUT2D eigenvalue weighted by Crippen LogP contribution is -2.40. The first kappa shape index (κ1) is 27.5. The highest BCUT2D eigenvalue weighted by Crippen LogP contribution is 2.26. The first-order valence-electron chi connectivity index (χ1n) is 11.1. The molecule has 7 nitrogen and oxygen atoms in total. The van der Waals surface area contributed by atoms with E-state index in [1.165, 1.54) is 31.9 Å². The molecule has 0 aromatic heterocycles. The van der Waals surface area contributed by atoms with E-state index in [0.717, 1.165) is 50.7 Å². The van der Waals surface area contributed by atoms with E-state index >= 15 is 0 Å². The van der Waals surface area contributed by atoms with Crippen molar-refractivity contribution in [3.05, 3.63) is 29.8 Å². The smallest absolute Gasteiger partial charge is 0.305 e. The third-order valence-electron chi connectivity index (χ3n) is 5.43. The minimum absolute atomic E-state index is 0. The van der Waals surface area contributed by atoms with E-state index in [2.05, 4.69) is 39.3 Å². The second-order valence-electron chi connectivity index (χ2n) is 7.57. The standard InChI is InChI=1S/C23H38N4O3.HI/c1-4-24-23(25-15-7-6-10-22(28)30-3)26-18-21(27-16-8-5-9-17-27)19-11-13-20(29-2)14-12-19;/h11-14,21H,4-10,15-18H2,1-3H3,(H2,24,25,26);1H. The summed E-state index contributed by atoms with van der Waals surface area (Å²) in [5.74, 6) is 1.55. The first-order chi connectivity index (χ1) is 14.7. The van der Waals surface area contributed by atoms with Crippen molar-refractivity contribution < 1.29 is 14.3 Å². The Hall–Kier alpha value is -1.55. The van der Waals surface area contributed by atoms with Crippen LogP contribution in [0.15, 0.2) is 29.3 Å². The number of aliphatic imine (C=N–C) groups is 1. The molecular formula is C23H39IN4O3. The highest BCUT2D eigenvalue weighted by atomic mass is 127. The summed E-state index contributed by atoms with van der Waals surface area (Å²) in [5, 5.41) is 6.72. The summed E-state index contributed by atoms with van der Waals surface area (Å²) < 4.78 is 10.0. The Labute approximate surface area is 204 Å². The van der Waals surface area contributed by atoms with Crippen molar-refractivity contribution in [1.82, 2.24) is 15.5 Å². The number of guanidine groups is 1. The summed E-state index contributed by atoms with van der Waals surface area (Å²) >= 11 is 0. The highest BCUT2D eigenvalue weighted by molar-refractivity contribution is 14.0. The Morgan fingerprint density at radius 1 is 1.10 bits per heavy atom. The molecule has 1 unspecified atom stereocenters. The number of rotatable bonds is 11. The molecule has 1 aromatic rings. The second kappa shape index (κ2) is 16.1. The molecule has 1 aromatic carbocycles. The first-order valence-corrected chi connectivity index (χ1v) is 11.1. The molecule has 0 radical (unpaired) electrons. The van der Waals surface area contributed by atoms with Crippen LogP contribution in [0.2, 0.25) is 0 Å². The van der Waals surface area contributed by atoms with Crippen LogP contribution in [-0.2, 0) is 9.53 Å². The molecule has 2 N–H and O–H groups in total. The molecule has 0 spiro atoms. The predicted octanol–water partition coefficient (Wildman–Crippen LogP) is 3.74. The molecule has 1 atom stereocenters. The number of methoxy groups -OCH3 is 2. The van der Waals surface area contributed by atoms with E-state index in [1.807, 2.05) is 12.1 Å². The summed E-state index contributed by atoms with van der Waals surface area (Å²) in [4.78, 5) is 18.7. The largest absolute Gasteiger partial charge is 0.497 e. The van der Waals surface area contributed by atoms with Crippen molar-refractivity contribution >= 4 is 35.9 Å². The van der Waals surface area contributed by atoms with Crippen molar-refractivity contribution in [2.24, 2.45) is 4.99 Å². The minimum atomic E-state index is -0.153. The summed E-state index contributed by atoms with van der Waals surface area (Å²) in [6.07, 6.45) is 5.96. The van der Waals surface area contributed by atoms with Crippen LogP contribution in [0.4, 0.5) is 0 Å². The van der Waals surface area contributed by atoms with E-state index in [0.29, 0.717) is 13.0 Å². The van der Waals surface area contributed by atoms with Gasteiger partial charge in [0.25, 0.3) is 0 Å². The fraction of sp³-hybridized carbons (Fsp3) is 0.652. The number of carbonyl (C=O) groups excluding carboxylic acids is 1. The fourth-order valence-electron chi connectivity index (χ4n) is 3.71. The van der Waals surface area contributed by atoms with Gasteiger partial charge < -0.3 is 20.1 Å². The van der Waals surface area contributed by atoms with Crippen molar-refractivity contribution in [1.29, 1.82) is 0 Å². The van der Waals surface area contributed by atoms with Gasteiger partial charge in [0.2, 0.25) is 0 Å². The molecule has 2 rings (SSSR count). The quantitative estimate of drug-likeness (QED) is 0.145. The van der Waals surface area contributed by atoms with Crippen LogP contribution in [0.25, 0.3) is 0 Å². The number of piperidine rings is 1. The van der Waals surface area contributed by atoms with Crippen LogP contribution >= 0.6 is 24.0 Å². The number of hydrogen-bond acceptors (Lipinski definition) is 5. The van der Waals surface area contributed by atoms with E-state index in [4.69, 9.17) is 9.73 Å². The summed E-state index contributed by atoms with van der Waals surface area (Å²) in [6, 6.07) is 8.62. The number of benzene rings is 1. The molecule has 0 aliphatic carbocycles. The lowest BCUT2D eigenvalue weighted by atomic mass is 10.0. The normalized spacial score (nSPS) is 15.5. The molecule has 1 fully saturated rings. The monoisotopic (exact) mass is 546 g/mol. The number of hydrogen-bond donors (Lipinski definition) is 2. The van der Waals surface area contributed by atoms with E-state index in [9.17, 15) is 4.79 Å². The second-order valence-corrected chi connectivity index (χ2v) is 7.57. The third-order valence-corrected chi connectivity index (χ3v) is 5.43. The number of carbonyl (C=O) groups is 1. The van der Waals surface area contributed by atoms with Gasteiger partial charge in [0.1, 0.15) is 5.75 Å². The summed E-state index contributed by atoms with van der Waals surface area (Å²) in [6.45, 7) is 6.59. The van der Waals surface area contributed by atoms with E-state index in [-0.39, 0.29) is 36.0 Å². The Morgan fingerprint density at radius 2 is 1.81 bits per heavy atom. The van der Waals surface area contributed by atoms with Crippen LogP contribution in [0.5, 0.6) is 5.75 Å². The van der Waals surface area contributed by atoms with Crippen molar-refractivity contribution in [3.63, 3.8) is 0 Å². The van der Waals surface area contributed by atoms with Gasteiger partial charge >= 0.3 is 5.97 Å². The number of likely N-dealkylation sites (tertiary alicyclic amines) is 1. The van der Waals surface area contributed by atoms with Crippen LogP contribution < -0.4 is 15.4 Å². The topological polar surface area (TPSA) is 75.2 Å². The zero-order valence-electron chi connectivity index (χ0n) is 19.2. The molecular weight excluding hydrogens is 507 g/mol. The number of ether oxygens (including phenoxy) is 2. The molecule has 1 aliphatic rings. The van der Waals surface area contributed by atoms with Gasteiger partial charge in [-0.2, -0.15) is 0 Å². The average molecular weight is 546 g/mol. The average Bonchev–Trinajstić information content (AvgIpc) is 2.79.